The Morgan fingerprint density at radius 2 is 1.27 bits per heavy atom. The van der Waals surface area contributed by atoms with Gasteiger partial charge in [0, 0.05) is 37.1 Å². The third kappa shape index (κ3) is 10.8. The molecule has 13 nitrogen and oxygen atoms in total. The number of carbonyl (C=O) groups is 2. The third-order valence-electron chi connectivity index (χ3n) is 7.91. The SMILES string of the molecule is CC(=O)OCC1O[C@@H](O[C@@H]2C(COC(C)=O)O[C@@H](OCCOCCOCCN=[N+]=[N-])[C@@H](C)C2C)[C@@H](C)C(C)[C@@H]1C. The summed E-state index contributed by atoms with van der Waals surface area (Å²) in [6.45, 7) is 15.4. The third-order valence-corrected chi connectivity index (χ3v) is 7.91. The summed E-state index contributed by atoms with van der Waals surface area (Å²) in [4.78, 5) is 25.7. The first-order chi connectivity index (χ1) is 19.1. The number of azide groups is 1. The van der Waals surface area contributed by atoms with Crippen LogP contribution in [0.5, 0.6) is 0 Å². The highest BCUT2D eigenvalue weighted by molar-refractivity contribution is 5.66. The molecule has 0 aromatic rings. The van der Waals surface area contributed by atoms with Crippen molar-refractivity contribution in [1.82, 2.24) is 0 Å². The highest BCUT2D eigenvalue weighted by atomic mass is 16.7. The van der Waals surface area contributed by atoms with E-state index in [1.54, 1.807) is 0 Å². The van der Waals surface area contributed by atoms with Crippen molar-refractivity contribution in [3.05, 3.63) is 10.4 Å². The highest BCUT2D eigenvalue weighted by Gasteiger charge is 2.47. The van der Waals surface area contributed by atoms with Gasteiger partial charge in [-0.15, -0.1) is 0 Å². The second-order valence-corrected chi connectivity index (χ2v) is 10.6. The number of rotatable bonds is 16. The molecule has 0 aromatic heterocycles. The molecule has 10 atom stereocenters. The van der Waals surface area contributed by atoms with Crippen molar-refractivity contribution in [2.24, 2.45) is 34.7 Å². The van der Waals surface area contributed by atoms with E-state index in [1.807, 2.05) is 6.92 Å². The number of esters is 2. The quantitative estimate of drug-likeness (QED) is 0.0880. The summed E-state index contributed by atoms with van der Waals surface area (Å²) in [7, 11) is 0. The first-order valence-corrected chi connectivity index (χ1v) is 14.1. The summed E-state index contributed by atoms with van der Waals surface area (Å²) in [6.07, 6.45) is -2.37. The largest absolute Gasteiger partial charge is 0.463 e. The van der Waals surface area contributed by atoms with E-state index in [2.05, 4.69) is 37.7 Å². The minimum atomic E-state index is -0.567. The van der Waals surface area contributed by atoms with Crippen LogP contribution in [-0.4, -0.2) is 95.6 Å². The molecule has 40 heavy (non-hydrogen) atoms. The van der Waals surface area contributed by atoms with Crippen molar-refractivity contribution < 1.29 is 47.5 Å². The topological polar surface area (TPSA) is 157 Å². The number of ether oxygens (including phenoxy) is 8. The number of nitrogens with zero attached hydrogens (tertiary/aromatic N) is 3. The van der Waals surface area contributed by atoms with E-state index >= 15 is 0 Å². The Morgan fingerprint density at radius 3 is 1.90 bits per heavy atom. The maximum Gasteiger partial charge on any atom is 0.302 e. The van der Waals surface area contributed by atoms with Gasteiger partial charge >= 0.3 is 11.9 Å². The standard InChI is InChI=1S/C27H47N3O10/c1-16-17(2)23(14-36-21(6)31)38-27(19(16)4)40-25-18(3)20(5)26(39-24(25)15-37-22(7)32)35-13-12-34-11-10-33-9-8-29-30-28/h16-20,23-27H,8-15H2,1-7H3/t16?,17-,18?,19-,20-,23?,24?,25-,26+,27-/m0/s1. The maximum absolute atomic E-state index is 11.6. The molecule has 2 heterocycles. The fourth-order valence-corrected chi connectivity index (χ4v) is 4.88. The Kier molecular flexibility index (Phi) is 15.2. The minimum absolute atomic E-state index is 0.0120. The minimum Gasteiger partial charge on any atom is -0.463 e. The fourth-order valence-electron chi connectivity index (χ4n) is 4.88. The van der Waals surface area contributed by atoms with Gasteiger partial charge in [0.2, 0.25) is 0 Å². The van der Waals surface area contributed by atoms with Gasteiger partial charge in [-0.3, -0.25) is 9.59 Å². The maximum atomic E-state index is 11.6. The van der Waals surface area contributed by atoms with Gasteiger partial charge in [0.15, 0.2) is 12.6 Å². The van der Waals surface area contributed by atoms with E-state index in [1.165, 1.54) is 13.8 Å². The van der Waals surface area contributed by atoms with Crippen LogP contribution in [0.1, 0.15) is 48.5 Å². The van der Waals surface area contributed by atoms with Crippen LogP contribution in [0.2, 0.25) is 0 Å². The van der Waals surface area contributed by atoms with Gasteiger partial charge in [-0.25, -0.2) is 0 Å². The molecule has 0 aromatic carbocycles. The van der Waals surface area contributed by atoms with Crippen LogP contribution in [0.3, 0.4) is 0 Å². The molecule has 2 aliphatic heterocycles. The van der Waals surface area contributed by atoms with Gasteiger partial charge in [0.1, 0.15) is 19.3 Å². The van der Waals surface area contributed by atoms with E-state index < -0.39 is 30.8 Å². The van der Waals surface area contributed by atoms with E-state index in [9.17, 15) is 9.59 Å². The molecular formula is C27H47N3O10. The Labute approximate surface area is 237 Å². The zero-order valence-electron chi connectivity index (χ0n) is 24.9. The Balaban J connectivity index is 1.96. The van der Waals surface area contributed by atoms with Gasteiger partial charge in [0.05, 0.1) is 45.2 Å². The summed E-state index contributed by atoms with van der Waals surface area (Å²) in [5, 5.41) is 3.40. The van der Waals surface area contributed by atoms with Crippen LogP contribution < -0.4 is 0 Å². The van der Waals surface area contributed by atoms with Crippen molar-refractivity contribution in [3.63, 3.8) is 0 Å². The van der Waals surface area contributed by atoms with Crippen LogP contribution in [0, 0.1) is 29.6 Å². The van der Waals surface area contributed by atoms with Crippen molar-refractivity contribution in [2.75, 3.05) is 52.8 Å². The fraction of sp³-hybridized carbons (Fsp3) is 0.926. The molecule has 2 fully saturated rings. The monoisotopic (exact) mass is 573 g/mol. The average molecular weight is 574 g/mol. The molecule has 0 radical (unpaired) electrons. The Hall–Kier alpha value is -1.99. The average Bonchev–Trinajstić information content (AvgIpc) is 2.91. The summed E-state index contributed by atoms with van der Waals surface area (Å²) >= 11 is 0. The van der Waals surface area contributed by atoms with Gasteiger partial charge in [-0.1, -0.05) is 39.7 Å². The van der Waals surface area contributed by atoms with Crippen LogP contribution in [0.15, 0.2) is 5.11 Å². The molecule has 230 valence electrons. The first kappa shape index (κ1) is 34.2. The molecule has 0 saturated carbocycles. The summed E-state index contributed by atoms with van der Waals surface area (Å²) in [6, 6.07) is 0. The predicted molar refractivity (Wildman–Crippen MR) is 143 cm³/mol. The molecule has 2 saturated heterocycles. The molecule has 0 spiro atoms. The normalized spacial score (nSPS) is 34.1. The number of hydrogen-bond acceptors (Lipinski definition) is 11. The van der Waals surface area contributed by atoms with Crippen molar-refractivity contribution in [1.29, 1.82) is 0 Å². The highest BCUT2D eigenvalue weighted by Crippen LogP contribution is 2.40. The van der Waals surface area contributed by atoms with E-state index in [4.69, 9.17) is 43.4 Å². The lowest BCUT2D eigenvalue weighted by Gasteiger charge is -2.48. The second-order valence-electron chi connectivity index (χ2n) is 10.6. The van der Waals surface area contributed by atoms with Crippen molar-refractivity contribution in [2.45, 2.75) is 79.4 Å². The number of carbonyl (C=O) groups excluding carboxylic acids is 2. The Morgan fingerprint density at radius 1 is 0.725 bits per heavy atom. The van der Waals surface area contributed by atoms with Crippen LogP contribution >= 0.6 is 0 Å². The zero-order valence-corrected chi connectivity index (χ0v) is 24.9. The van der Waals surface area contributed by atoms with E-state index in [-0.39, 0.29) is 61.4 Å². The van der Waals surface area contributed by atoms with Crippen molar-refractivity contribution >= 4 is 11.9 Å². The molecule has 0 bridgehead atoms. The molecule has 2 aliphatic rings. The van der Waals surface area contributed by atoms with Gasteiger partial charge in [0.25, 0.3) is 0 Å². The molecule has 2 rings (SSSR count). The number of hydrogen-bond donors (Lipinski definition) is 0. The van der Waals surface area contributed by atoms with Gasteiger partial charge in [-0.2, -0.15) is 0 Å². The van der Waals surface area contributed by atoms with Crippen LogP contribution in [0.25, 0.3) is 10.4 Å². The lowest BCUT2D eigenvalue weighted by atomic mass is 9.78. The smallest absolute Gasteiger partial charge is 0.302 e. The molecule has 0 aliphatic carbocycles. The predicted octanol–water partition coefficient (Wildman–Crippen LogP) is 3.49. The summed E-state index contributed by atoms with van der Waals surface area (Å²) < 4.78 is 46.6. The summed E-state index contributed by atoms with van der Waals surface area (Å²) in [5.74, 6) is -0.292. The zero-order chi connectivity index (χ0) is 29.7. The second kappa shape index (κ2) is 17.7. The molecule has 4 unspecified atom stereocenters. The van der Waals surface area contributed by atoms with Crippen molar-refractivity contribution in [3.8, 4) is 0 Å². The molecule has 13 heteroatoms. The molecule has 0 amide bonds. The molecule has 0 N–H and O–H groups in total. The summed E-state index contributed by atoms with van der Waals surface area (Å²) in [5.41, 5.74) is 8.24. The lowest BCUT2D eigenvalue weighted by Crippen LogP contribution is -2.56. The first-order valence-electron chi connectivity index (χ1n) is 14.1. The van der Waals surface area contributed by atoms with Gasteiger partial charge < -0.3 is 37.9 Å². The molecular weight excluding hydrogens is 526 g/mol. The van der Waals surface area contributed by atoms with Gasteiger partial charge in [-0.05, 0) is 23.3 Å². The van der Waals surface area contributed by atoms with Crippen LogP contribution in [-0.2, 0) is 47.5 Å². The lowest BCUT2D eigenvalue weighted by molar-refractivity contribution is -0.329. The van der Waals surface area contributed by atoms with Crippen LogP contribution in [0.4, 0.5) is 0 Å². The Bertz CT molecular complexity index is 826. The van der Waals surface area contributed by atoms with E-state index in [0.717, 1.165) is 0 Å². The van der Waals surface area contributed by atoms with E-state index in [0.29, 0.717) is 33.0 Å².